The number of amides is 2. The normalized spacial score (nSPS) is 11.1. The molecule has 0 atom stereocenters. The highest BCUT2D eigenvalue weighted by molar-refractivity contribution is 6.30. The Morgan fingerprint density at radius 1 is 0.660 bits per heavy atom. The van der Waals surface area contributed by atoms with Crippen molar-refractivity contribution in [3.05, 3.63) is 81.1 Å². The Labute approximate surface area is 292 Å². The van der Waals surface area contributed by atoms with E-state index >= 15 is 0 Å². The molecule has 13 heteroatoms. The molecule has 0 aliphatic heterocycles. The van der Waals surface area contributed by atoms with E-state index in [-0.39, 0.29) is 29.5 Å². The summed E-state index contributed by atoms with van der Waals surface area (Å²) in [6.45, 7) is 18.1. The summed E-state index contributed by atoms with van der Waals surface area (Å²) >= 11 is 12.1. The summed E-state index contributed by atoms with van der Waals surface area (Å²) in [6.07, 6.45) is -1.90. The van der Waals surface area contributed by atoms with Crippen LogP contribution in [0.1, 0.15) is 63.8 Å². The van der Waals surface area contributed by atoms with Gasteiger partial charge in [-0.25, -0.2) is 24.5 Å². The molecule has 252 valence electrons. The lowest BCUT2D eigenvalue weighted by molar-refractivity contribution is 0.0427. The average molecular weight is 704 g/mol. The summed E-state index contributed by atoms with van der Waals surface area (Å²) in [5.74, 6) is -0.0196. The molecule has 2 N–H and O–H groups in total. The van der Waals surface area contributed by atoms with Gasteiger partial charge in [0.25, 0.3) is 0 Å². The number of carbonyl (C=O) groups is 2. The number of nitrogens with zero attached hydrogens (tertiary/aromatic N) is 5. The molecule has 0 saturated heterocycles. The number of nitrogen functional groups attached to an aromatic ring is 1. The lowest BCUT2D eigenvalue weighted by Gasteiger charge is -2.27. The van der Waals surface area contributed by atoms with Crippen molar-refractivity contribution < 1.29 is 19.1 Å². The smallest absolute Gasteiger partial charge is 0.427 e. The Hall–Kier alpha value is -3.99. The van der Waals surface area contributed by atoms with Crippen molar-refractivity contribution in [3.8, 4) is 22.5 Å². The van der Waals surface area contributed by atoms with Crippen molar-refractivity contribution in [2.75, 3.05) is 10.6 Å². The Bertz CT molecular complexity index is 1660. The molecule has 0 aliphatic carbocycles. The molecule has 2 amide bonds. The fourth-order valence-corrected chi connectivity index (χ4v) is 4.86. The molecule has 0 saturated carbocycles. The number of nitrogens with two attached hydrogens (primary N) is 1. The second-order valence-electron chi connectivity index (χ2n) is 12.6. The zero-order valence-electron chi connectivity index (χ0n) is 28.2. The van der Waals surface area contributed by atoms with Gasteiger partial charge in [0.2, 0.25) is 11.9 Å². The van der Waals surface area contributed by atoms with Gasteiger partial charge >= 0.3 is 12.2 Å². The van der Waals surface area contributed by atoms with Crippen LogP contribution in [0.4, 0.5) is 21.5 Å². The van der Waals surface area contributed by atoms with Crippen LogP contribution < -0.4 is 10.6 Å². The van der Waals surface area contributed by atoms with E-state index in [0.29, 0.717) is 15.7 Å². The van der Waals surface area contributed by atoms with E-state index in [0.717, 1.165) is 39.1 Å². The quantitative estimate of drug-likeness (QED) is 0.207. The highest BCUT2D eigenvalue weighted by Gasteiger charge is 2.35. The average Bonchev–Trinajstić information content (AvgIpc) is 2.86. The third-order valence-electron chi connectivity index (χ3n) is 6.22. The molecular formula is C34H41Cl3N6O4. The van der Waals surface area contributed by atoms with Gasteiger partial charge < -0.3 is 15.2 Å². The number of aromatic nitrogens is 4. The Kier molecular flexibility index (Phi) is 13.1. The fourth-order valence-electron chi connectivity index (χ4n) is 4.49. The van der Waals surface area contributed by atoms with E-state index in [1.807, 2.05) is 64.1 Å². The Balaban J connectivity index is 0.000000380. The van der Waals surface area contributed by atoms with Crippen LogP contribution in [0.15, 0.2) is 48.5 Å². The molecule has 0 bridgehead atoms. The molecule has 4 rings (SSSR count). The SMILES string of the molecule is Cc1cccc(C)c1-c1cc(Cl)nc(N(C(=O)OC(C)(C)C)C(=O)OC(C)(C)C)n1.Cc1cccc(C)c1-c1cc(Cl)nc(N)n1.Cl. The molecule has 0 radical (unpaired) electrons. The Morgan fingerprint density at radius 3 is 1.38 bits per heavy atom. The monoisotopic (exact) mass is 702 g/mol. The van der Waals surface area contributed by atoms with E-state index in [4.69, 9.17) is 38.4 Å². The molecule has 4 aromatic rings. The van der Waals surface area contributed by atoms with Crippen LogP contribution in [-0.2, 0) is 9.47 Å². The van der Waals surface area contributed by atoms with Gasteiger partial charge in [-0.1, -0.05) is 59.6 Å². The highest BCUT2D eigenvalue weighted by Crippen LogP contribution is 2.30. The maximum absolute atomic E-state index is 12.9. The zero-order chi connectivity index (χ0) is 34.6. The second kappa shape index (κ2) is 15.7. The minimum atomic E-state index is -0.952. The van der Waals surface area contributed by atoms with E-state index in [1.54, 1.807) is 53.7 Å². The van der Waals surface area contributed by atoms with Gasteiger partial charge in [0, 0.05) is 23.3 Å². The standard InChI is InChI=1S/C22H28ClN3O4.C12H12ClN3.ClH/c1-13-10-9-11-14(2)17(13)15-12-16(23)25-18(24-15)26(19(27)29-21(3,4)5)20(28)30-22(6,7)8;1-7-4-3-5-8(2)11(7)9-6-10(13)16-12(14)15-9;/h9-12H,1-8H3;3-6H,1-2H3,(H2,14,15,16);1H. The van der Waals surface area contributed by atoms with Crippen LogP contribution in [0.3, 0.4) is 0 Å². The topological polar surface area (TPSA) is 133 Å². The van der Waals surface area contributed by atoms with Gasteiger partial charge in [0.15, 0.2) is 0 Å². The molecule has 0 fully saturated rings. The number of hydrogen-bond donors (Lipinski definition) is 1. The number of hydrogen-bond acceptors (Lipinski definition) is 9. The van der Waals surface area contributed by atoms with Gasteiger partial charge in [0.1, 0.15) is 21.5 Å². The molecule has 47 heavy (non-hydrogen) atoms. The molecule has 2 aromatic heterocycles. The minimum absolute atomic E-state index is 0. The number of aryl methyl sites for hydroxylation is 4. The van der Waals surface area contributed by atoms with Gasteiger partial charge in [-0.3, -0.25) is 0 Å². The maximum Gasteiger partial charge on any atom is 0.427 e. The van der Waals surface area contributed by atoms with E-state index in [1.165, 1.54) is 0 Å². The van der Waals surface area contributed by atoms with Crippen LogP contribution >= 0.6 is 35.6 Å². The molecule has 2 aromatic carbocycles. The molecule has 10 nitrogen and oxygen atoms in total. The fraction of sp³-hybridized carbons (Fsp3) is 0.353. The molecular weight excluding hydrogens is 663 g/mol. The van der Waals surface area contributed by atoms with E-state index in [9.17, 15) is 9.59 Å². The maximum atomic E-state index is 12.9. The Morgan fingerprint density at radius 2 is 1.02 bits per heavy atom. The van der Waals surface area contributed by atoms with Crippen LogP contribution in [-0.4, -0.2) is 43.3 Å². The number of benzene rings is 2. The first-order valence-electron chi connectivity index (χ1n) is 14.5. The largest absolute Gasteiger partial charge is 0.443 e. The van der Waals surface area contributed by atoms with Gasteiger partial charge in [0.05, 0.1) is 11.4 Å². The lowest BCUT2D eigenvalue weighted by Crippen LogP contribution is -2.44. The minimum Gasteiger partial charge on any atom is -0.443 e. The van der Waals surface area contributed by atoms with Crippen LogP contribution in [0.25, 0.3) is 22.5 Å². The van der Waals surface area contributed by atoms with Crippen molar-refractivity contribution in [3.63, 3.8) is 0 Å². The summed E-state index contributed by atoms with van der Waals surface area (Å²) in [5, 5.41) is 0.444. The van der Waals surface area contributed by atoms with Crippen LogP contribution in [0.2, 0.25) is 10.3 Å². The predicted molar refractivity (Wildman–Crippen MR) is 191 cm³/mol. The van der Waals surface area contributed by atoms with Crippen molar-refractivity contribution in [2.45, 2.75) is 80.4 Å². The number of carbonyl (C=O) groups excluding carboxylic acids is 2. The summed E-state index contributed by atoms with van der Waals surface area (Å²) in [6, 6.07) is 15.2. The molecule has 0 aliphatic rings. The first-order valence-corrected chi connectivity index (χ1v) is 15.2. The summed E-state index contributed by atoms with van der Waals surface area (Å²) in [5.41, 5.74) is 11.3. The van der Waals surface area contributed by atoms with Crippen molar-refractivity contribution >= 4 is 59.7 Å². The molecule has 0 spiro atoms. The number of ether oxygens (including phenoxy) is 2. The van der Waals surface area contributed by atoms with Gasteiger partial charge in [-0.05, 0) is 91.5 Å². The number of imide groups is 1. The third kappa shape index (κ3) is 11.1. The first kappa shape index (κ1) is 39.2. The van der Waals surface area contributed by atoms with Gasteiger partial charge in [-0.15, -0.1) is 17.3 Å². The van der Waals surface area contributed by atoms with Crippen LogP contribution in [0, 0.1) is 27.7 Å². The van der Waals surface area contributed by atoms with Crippen molar-refractivity contribution in [1.29, 1.82) is 0 Å². The first-order chi connectivity index (χ1) is 21.3. The summed E-state index contributed by atoms with van der Waals surface area (Å²) < 4.78 is 10.8. The molecule has 2 heterocycles. The zero-order valence-corrected chi connectivity index (χ0v) is 30.6. The number of anilines is 2. The number of halogens is 3. The van der Waals surface area contributed by atoms with Crippen molar-refractivity contribution in [1.82, 2.24) is 19.9 Å². The highest BCUT2D eigenvalue weighted by atomic mass is 35.5. The number of rotatable bonds is 3. The second-order valence-corrected chi connectivity index (χ2v) is 13.4. The van der Waals surface area contributed by atoms with E-state index in [2.05, 4.69) is 19.9 Å². The van der Waals surface area contributed by atoms with Gasteiger partial charge in [-0.2, -0.15) is 4.98 Å². The predicted octanol–water partition coefficient (Wildman–Crippen LogP) is 9.51. The third-order valence-corrected chi connectivity index (χ3v) is 6.61. The van der Waals surface area contributed by atoms with E-state index < -0.39 is 23.4 Å². The molecule has 0 unspecified atom stereocenters. The summed E-state index contributed by atoms with van der Waals surface area (Å²) in [7, 11) is 0. The van der Waals surface area contributed by atoms with Crippen molar-refractivity contribution in [2.24, 2.45) is 0 Å². The lowest BCUT2D eigenvalue weighted by atomic mass is 10.00. The van der Waals surface area contributed by atoms with Crippen LogP contribution in [0.5, 0.6) is 0 Å². The summed E-state index contributed by atoms with van der Waals surface area (Å²) in [4.78, 5) is 43.0.